The SMILES string of the molecule is COc1ccc(-n2c(CCN)nc3ccccc3c2=O)cc1.COc1ccc(-n2c(CCNC(=O)c3ccccc3OC)nc3ccccc3c2=O)cc1.Cc1ccccc1C(=O)O.[BH4-].[F-]. The van der Waals surface area contributed by atoms with Gasteiger partial charge in [0.2, 0.25) is 0 Å². The number of carbonyl (C=O) groups excluding carboxylic acids is 1. The minimum absolute atomic E-state index is 0. The lowest BCUT2D eigenvalue weighted by Crippen LogP contribution is -3.00. The van der Waals surface area contributed by atoms with Crippen molar-refractivity contribution in [2.45, 2.75) is 19.8 Å². The molecule has 8 rings (SSSR count). The number of fused-ring (bicyclic) bond motifs is 2. The predicted octanol–water partition coefficient (Wildman–Crippen LogP) is 2.52. The van der Waals surface area contributed by atoms with Crippen molar-refractivity contribution < 1.29 is 33.6 Å². The maximum Gasteiger partial charge on any atom is 0.335 e. The van der Waals surface area contributed by atoms with E-state index in [0.717, 1.165) is 17.0 Å². The van der Waals surface area contributed by atoms with Crippen LogP contribution >= 0.6 is 0 Å². The molecule has 0 radical (unpaired) electrons. The standard InChI is InChI=1S/C25H23N3O4.C17H17N3O2.C8H8O2.BH4.FH/c1-31-18-13-11-17(12-14-18)28-23(27-21-9-5-3-7-19(21)25(28)30)15-16-26-24(29)20-8-4-6-10-22(20)32-2;1-22-13-8-6-12(7-9-13)20-16(10-11-18)19-15-5-3-2-4-14(15)17(20)21;1-6-4-2-3-5-7(6)8(9)10;;/h3-14H,15-16H2,1-2H3,(H,26,29);2-9H,10-11,18H2,1H3;2-5H,1H3,(H,9,10);1H4;1H/q;;;-1;/p-1. The van der Waals surface area contributed by atoms with E-state index in [1.54, 1.807) is 90.9 Å². The normalized spacial score (nSPS) is 10.2. The number of methoxy groups -OCH3 is 3. The van der Waals surface area contributed by atoms with Gasteiger partial charge in [-0.05, 0) is 110 Å². The van der Waals surface area contributed by atoms with Crippen molar-refractivity contribution in [3.05, 3.63) is 195 Å². The van der Waals surface area contributed by atoms with E-state index in [0.29, 0.717) is 87.7 Å². The molecule has 0 saturated heterocycles. The monoisotopic (exact) mass is 894 g/mol. The van der Waals surface area contributed by atoms with Gasteiger partial charge in [-0.15, -0.1) is 0 Å². The Hall–Kier alpha value is -8.11. The second kappa shape index (κ2) is 24.1. The van der Waals surface area contributed by atoms with Gasteiger partial charge in [-0.1, -0.05) is 63.0 Å². The Morgan fingerprint density at radius 2 is 1.05 bits per heavy atom. The number of carbonyl (C=O) groups is 2. The van der Waals surface area contributed by atoms with Gasteiger partial charge in [0.1, 0.15) is 28.9 Å². The second-order valence-corrected chi connectivity index (χ2v) is 14.1. The molecule has 0 unspecified atom stereocenters. The molecule has 2 aromatic heterocycles. The van der Waals surface area contributed by atoms with Crippen LogP contribution in [0.2, 0.25) is 0 Å². The summed E-state index contributed by atoms with van der Waals surface area (Å²) in [6.45, 7) is 2.52. The number of aromatic carboxylic acids is 1. The molecule has 0 saturated carbocycles. The first-order valence-corrected chi connectivity index (χ1v) is 20.3. The summed E-state index contributed by atoms with van der Waals surface area (Å²) in [6.07, 6.45) is 0.902. The number of halogens is 1. The molecule has 0 aliphatic carbocycles. The Labute approximate surface area is 382 Å². The van der Waals surface area contributed by atoms with Gasteiger partial charge in [0.25, 0.3) is 17.0 Å². The van der Waals surface area contributed by atoms with Gasteiger partial charge in [0, 0.05) is 19.4 Å². The minimum Gasteiger partial charge on any atom is -1.00 e. The quantitative estimate of drug-likeness (QED) is 0.153. The smallest absolute Gasteiger partial charge is 0.335 e. The number of nitrogens with one attached hydrogen (secondary N) is 1. The number of benzene rings is 6. The number of nitrogens with two attached hydrogens (primary N) is 1. The fourth-order valence-corrected chi connectivity index (χ4v) is 6.85. The highest BCUT2D eigenvalue weighted by Gasteiger charge is 2.16. The number of nitrogens with zero attached hydrogens (tertiary/aromatic N) is 4. The van der Waals surface area contributed by atoms with Gasteiger partial charge < -0.3 is 35.1 Å². The van der Waals surface area contributed by atoms with Crippen LogP contribution < -0.4 is 41.1 Å². The molecule has 0 aliphatic heterocycles. The molecule has 0 atom stereocenters. The summed E-state index contributed by atoms with van der Waals surface area (Å²) in [5, 5.41) is 12.6. The van der Waals surface area contributed by atoms with Crippen LogP contribution in [0.1, 0.15) is 37.9 Å². The number of aryl methyl sites for hydroxylation is 1. The van der Waals surface area contributed by atoms with E-state index in [4.69, 9.17) is 30.0 Å². The number of hydrogen-bond acceptors (Lipinski definition) is 10. The Morgan fingerprint density at radius 1 is 0.606 bits per heavy atom. The Bertz CT molecular complexity index is 3020. The Kier molecular flexibility index (Phi) is 18.4. The van der Waals surface area contributed by atoms with Crippen LogP contribution in [0, 0.1) is 6.92 Å². The molecule has 0 bridgehead atoms. The third kappa shape index (κ3) is 11.9. The van der Waals surface area contributed by atoms with E-state index in [-0.39, 0.29) is 30.1 Å². The highest BCUT2D eigenvalue weighted by molar-refractivity contribution is 5.97. The number of ether oxygens (including phenoxy) is 3. The van der Waals surface area contributed by atoms with Gasteiger partial charge in [0.05, 0.1) is 65.6 Å². The largest absolute Gasteiger partial charge is 1.00 e. The zero-order valence-corrected chi connectivity index (χ0v) is 36.2. The van der Waals surface area contributed by atoms with Crippen molar-refractivity contribution in [1.29, 1.82) is 0 Å². The molecule has 342 valence electrons. The van der Waals surface area contributed by atoms with Crippen molar-refractivity contribution >= 4 is 42.1 Å². The van der Waals surface area contributed by atoms with Crippen LogP contribution in [0.25, 0.3) is 33.2 Å². The molecule has 8 aromatic rings. The summed E-state index contributed by atoms with van der Waals surface area (Å²) in [5.41, 5.74) is 9.81. The van der Waals surface area contributed by atoms with Crippen LogP contribution in [0.4, 0.5) is 0 Å². The van der Waals surface area contributed by atoms with Crippen LogP contribution in [0.5, 0.6) is 17.2 Å². The Morgan fingerprint density at radius 3 is 1.48 bits per heavy atom. The molecule has 16 heteroatoms. The summed E-state index contributed by atoms with van der Waals surface area (Å²) < 4.78 is 18.8. The van der Waals surface area contributed by atoms with Gasteiger partial charge in [0.15, 0.2) is 0 Å². The molecule has 14 nitrogen and oxygen atoms in total. The molecule has 1 amide bonds. The predicted molar refractivity (Wildman–Crippen MR) is 259 cm³/mol. The number of hydrogen-bond donors (Lipinski definition) is 3. The van der Waals surface area contributed by atoms with Crippen LogP contribution in [-0.4, -0.2) is 78.9 Å². The zero-order valence-electron chi connectivity index (χ0n) is 36.2. The van der Waals surface area contributed by atoms with E-state index < -0.39 is 5.97 Å². The van der Waals surface area contributed by atoms with Crippen LogP contribution in [-0.2, 0) is 12.8 Å². The third-order valence-electron chi connectivity index (χ3n) is 10.1. The lowest BCUT2D eigenvalue weighted by molar-refractivity contribution is -0.0000380. The number of carboxylic acid groups (broad SMARTS) is 1. The summed E-state index contributed by atoms with van der Waals surface area (Å²) in [5.74, 6) is 2.05. The van der Waals surface area contributed by atoms with Crippen LogP contribution in [0.15, 0.2) is 155 Å². The highest BCUT2D eigenvalue weighted by atomic mass is 19.0. The van der Waals surface area contributed by atoms with Gasteiger partial charge in [-0.3, -0.25) is 23.5 Å². The van der Waals surface area contributed by atoms with Gasteiger partial charge >= 0.3 is 5.97 Å². The minimum atomic E-state index is -0.863. The number of carboxylic acids is 1. The molecule has 0 aliphatic rings. The molecule has 4 N–H and O–H groups in total. The first-order valence-electron chi connectivity index (χ1n) is 20.3. The fourth-order valence-electron chi connectivity index (χ4n) is 6.85. The van der Waals surface area contributed by atoms with Gasteiger partial charge in [-0.25, -0.2) is 14.8 Å². The second-order valence-electron chi connectivity index (χ2n) is 14.1. The van der Waals surface area contributed by atoms with Crippen molar-refractivity contribution in [2.75, 3.05) is 34.4 Å². The van der Waals surface area contributed by atoms with Crippen LogP contribution in [0.3, 0.4) is 0 Å². The molecule has 2 heterocycles. The number of aromatic nitrogens is 4. The van der Waals surface area contributed by atoms with E-state index in [1.165, 1.54) is 7.11 Å². The summed E-state index contributed by atoms with van der Waals surface area (Å²) in [6, 6.07) is 43.1. The zero-order chi connectivity index (χ0) is 45.6. The number of amides is 1. The topological polar surface area (TPSA) is 190 Å². The first-order chi connectivity index (χ1) is 31.1. The van der Waals surface area contributed by atoms with Gasteiger partial charge in [-0.2, -0.15) is 0 Å². The van der Waals surface area contributed by atoms with Crippen molar-refractivity contribution in [1.82, 2.24) is 24.4 Å². The fraction of sp³-hybridized carbons (Fsp3) is 0.160. The van der Waals surface area contributed by atoms with E-state index in [1.807, 2.05) is 84.9 Å². The average Bonchev–Trinajstić information content (AvgIpc) is 3.32. The molecule has 66 heavy (non-hydrogen) atoms. The Balaban J connectivity index is 0.000000242. The number of rotatable bonds is 12. The molecule has 0 spiro atoms. The summed E-state index contributed by atoms with van der Waals surface area (Å²) in [4.78, 5) is 58.5. The maximum atomic E-state index is 13.3. The molecule has 0 fully saturated rings. The average molecular weight is 895 g/mol. The molecular weight excluding hydrogens is 842 g/mol. The maximum absolute atomic E-state index is 13.3. The highest BCUT2D eigenvalue weighted by Crippen LogP contribution is 2.20. The first kappa shape index (κ1) is 50.5. The lowest BCUT2D eigenvalue weighted by Gasteiger charge is -2.15. The van der Waals surface area contributed by atoms with Crippen molar-refractivity contribution in [2.24, 2.45) is 5.73 Å². The lowest BCUT2D eigenvalue weighted by atomic mass is 10.1. The van der Waals surface area contributed by atoms with E-state index in [2.05, 4.69) is 10.3 Å². The van der Waals surface area contributed by atoms with E-state index >= 15 is 0 Å². The van der Waals surface area contributed by atoms with Crippen molar-refractivity contribution in [3.63, 3.8) is 0 Å². The third-order valence-corrected chi connectivity index (χ3v) is 10.1. The summed E-state index contributed by atoms with van der Waals surface area (Å²) >= 11 is 0. The number of para-hydroxylation sites is 3. The van der Waals surface area contributed by atoms with Crippen molar-refractivity contribution in [3.8, 4) is 28.6 Å². The van der Waals surface area contributed by atoms with E-state index in [9.17, 15) is 19.2 Å². The summed E-state index contributed by atoms with van der Waals surface area (Å²) in [7, 11) is 4.73. The molecule has 6 aromatic carbocycles. The molecular formula is C50H52BFN6O8-2.